The number of halogens is 1. The Kier molecular flexibility index (Phi) is 2.76. The predicted octanol–water partition coefficient (Wildman–Crippen LogP) is 1.73. The van der Waals surface area contributed by atoms with Crippen LogP contribution in [-0.2, 0) is 4.79 Å². The third-order valence-electron chi connectivity index (χ3n) is 2.36. The second kappa shape index (κ2) is 3.88. The van der Waals surface area contributed by atoms with Crippen LogP contribution in [0.3, 0.4) is 0 Å². The molecule has 2 heterocycles. The molecule has 0 spiro atoms. The number of carbonyl (C=O) groups excluding carboxylic acids is 1. The van der Waals surface area contributed by atoms with Gasteiger partial charge in [0.15, 0.2) is 0 Å². The van der Waals surface area contributed by atoms with E-state index < -0.39 is 0 Å². The van der Waals surface area contributed by atoms with Crippen LogP contribution >= 0.6 is 22.9 Å². The third-order valence-corrected chi connectivity index (χ3v) is 3.61. The topological polar surface area (TPSA) is 32.3 Å². The summed E-state index contributed by atoms with van der Waals surface area (Å²) in [6.07, 6.45) is 0.575. The fourth-order valence-corrected chi connectivity index (χ4v) is 2.62. The van der Waals surface area contributed by atoms with Crippen LogP contribution in [-0.4, -0.2) is 25.5 Å². The summed E-state index contributed by atoms with van der Waals surface area (Å²) in [6.45, 7) is 0.742. The number of hydrogen-bond acceptors (Lipinski definition) is 3. The van der Waals surface area contributed by atoms with Gasteiger partial charge in [0.2, 0.25) is 5.91 Å². The lowest BCUT2D eigenvalue weighted by atomic mass is 10.3. The number of likely N-dealkylation sites (N-methyl/N-ethyl adjacent to an activating group) is 1. The van der Waals surface area contributed by atoms with Crippen molar-refractivity contribution in [3.63, 3.8) is 0 Å². The zero-order chi connectivity index (χ0) is 10.1. The Labute approximate surface area is 91.7 Å². The number of nitrogens with zero attached hydrogens (tertiary/aromatic N) is 1. The second-order valence-corrected chi connectivity index (χ2v) is 4.97. The molecule has 1 aromatic rings. The largest absolute Gasteiger partial charge is 0.315 e. The first-order chi connectivity index (χ1) is 6.70. The Morgan fingerprint density at radius 1 is 1.64 bits per heavy atom. The summed E-state index contributed by atoms with van der Waals surface area (Å²) < 4.78 is 0.723. The van der Waals surface area contributed by atoms with Gasteiger partial charge in [-0.05, 0) is 19.2 Å². The van der Waals surface area contributed by atoms with E-state index >= 15 is 0 Å². The van der Waals surface area contributed by atoms with Gasteiger partial charge in [-0.2, -0.15) is 0 Å². The maximum absolute atomic E-state index is 11.6. The van der Waals surface area contributed by atoms with E-state index in [1.165, 1.54) is 11.3 Å². The molecule has 0 bridgehead atoms. The highest BCUT2D eigenvalue weighted by atomic mass is 35.5. The van der Waals surface area contributed by atoms with E-state index in [1.54, 1.807) is 4.90 Å². The quantitative estimate of drug-likeness (QED) is 0.839. The van der Waals surface area contributed by atoms with Crippen molar-refractivity contribution in [1.29, 1.82) is 0 Å². The van der Waals surface area contributed by atoms with Gasteiger partial charge in [-0.15, -0.1) is 11.3 Å². The van der Waals surface area contributed by atoms with Gasteiger partial charge < -0.3 is 10.2 Å². The van der Waals surface area contributed by atoms with E-state index in [4.69, 9.17) is 11.6 Å². The lowest BCUT2D eigenvalue weighted by Crippen LogP contribution is -2.29. The van der Waals surface area contributed by atoms with Gasteiger partial charge in [-0.1, -0.05) is 11.6 Å². The standard InChI is InChI=1S/C9H11ClN2OS/c1-11-6-4-8(13)12(5-6)9-3-2-7(10)14-9/h2-3,6,11H,4-5H2,1H3. The fourth-order valence-electron chi connectivity index (χ4n) is 1.56. The molecule has 76 valence electrons. The van der Waals surface area contributed by atoms with Gasteiger partial charge in [0.05, 0.1) is 9.34 Å². The molecule has 0 aromatic carbocycles. The molecular weight excluding hydrogens is 220 g/mol. The predicted molar refractivity (Wildman–Crippen MR) is 59.1 cm³/mol. The van der Waals surface area contributed by atoms with E-state index in [2.05, 4.69) is 5.32 Å². The first-order valence-corrected chi connectivity index (χ1v) is 5.63. The monoisotopic (exact) mass is 230 g/mol. The van der Waals surface area contributed by atoms with Crippen LogP contribution in [0, 0.1) is 0 Å². The average Bonchev–Trinajstić information content (AvgIpc) is 2.71. The summed E-state index contributed by atoms with van der Waals surface area (Å²) in [5.74, 6) is 0.169. The minimum absolute atomic E-state index is 0.169. The van der Waals surface area contributed by atoms with Crippen LogP contribution in [0.2, 0.25) is 4.34 Å². The molecule has 0 aliphatic carbocycles. The van der Waals surface area contributed by atoms with Crippen LogP contribution in [0.15, 0.2) is 12.1 Å². The molecule has 1 aliphatic heterocycles. The second-order valence-electron chi connectivity index (χ2n) is 3.27. The lowest BCUT2D eigenvalue weighted by molar-refractivity contribution is -0.117. The maximum atomic E-state index is 11.6. The van der Waals surface area contributed by atoms with Crippen molar-refractivity contribution < 1.29 is 4.79 Å². The summed E-state index contributed by atoms with van der Waals surface area (Å²) in [5, 5.41) is 4.05. The molecule has 1 N–H and O–H groups in total. The van der Waals surface area contributed by atoms with Crippen molar-refractivity contribution in [2.75, 3.05) is 18.5 Å². The number of carbonyl (C=O) groups is 1. The van der Waals surface area contributed by atoms with Crippen LogP contribution in [0.25, 0.3) is 0 Å². The Morgan fingerprint density at radius 3 is 2.93 bits per heavy atom. The normalized spacial score (nSPS) is 22.0. The highest BCUT2D eigenvalue weighted by Gasteiger charge is 2.30. The van der Waals surface area contributed by atoms with E-state index in [1.807, 2.05) is 19.2 Å². The average molecular weight is 231 g/mol. The van der Waals surface area contributed by atoms with Crippen molar-refractivity contribution in [3.05, 3.63) is 16.5 Å². The summed E-state index contributed by atoms with van der Waals surface area (Å²) in [4.78, 5) is 13.4. The Hall–Kier alpha value is -0.580. The molecule has 1 fully saturated rings. The molecular formula is C9H11ClN2OS. The summed E-state index contributed by atoms with van der Waals surface area (Å²) in [7, 11) is 1.88. The number of amides is 1. The van der Waals surface area contributed by atoms with Gasteiger partial charge in [0.25, 0.3) is 0 Å². The Bertz CT molecular complexity index is 352. The van der Waals surface area contributed by atoms with Crippen LogP contribution in [0.4, 0.5) is 5.00 Å². The number of thiophene rings is 1. The highest BCUT2D eigenvalue weighted by Crippen LogP contribution is 2.32. The van der Waals surface area contributed by atoms with Gasteiger partial charge in [0.1, 0.15) is 0 Å². The van der Waals surface area contributed by atoms with E-state index in [0.29, 0.717) is 6.42 Å². The van der Waals surface area contributed by atoms with E-state index in [-0.39, 0.29) is 11.9 Å². The molecule has 3 nitrogen and oxygen atoms in total. The van der Waals surface area contributed by atoms with Gasteiger partial charge in [-0.25, -0.2) is 0 Å². The van der Waals surface area contributed by atoms with Crippen LogP contribution < -0.4 is 10.2 Å². The molecule has 1 atom stereocenters. The van der Waals surface area contributed by atoms with Crippen molar-refractivity contribution in [2.45, 2.75) is 12.5 Å². The first-order valence-electron chi connectivity index (χ1n) is 4.43. The van der Waals surface area contributed by atoms with Crippen molar-refractivity contribution in [2.24, 2.45) is 0 Å². The summed E-state index contributed by atoms with van der Waals surface area (Å²) >= 11 is 7.27. The zero-order valence-corrected chi connectivity index (χ0v) is 9.36. The summed E-state index contributed by atoms with van der Waals surface area (Å²) in [5.41, 5.74) is 0. The number of anilines is 1. The highest BCUT2D eigenvalue weighted by molar-refractivity contribution is 7.20. The molecule has 0 radical (unpaired) electrons. The molecule has 5 heteroatoms. The SMILES string of the molecule is CNC1CC(=O)N(c2ccc(Cl)s2)C1. The lowest BCUT2D eigenvalue weighted by Gasteiger charge is -2.13. The zero-order valence-electron chi connectivity index (χ0n) is 7.79. The molecule has 1 aliphatic rings. The number of rotatable bonds is 2. The molecule has 1 aromatic heterocycles. The van der Waals surface area contributed by atoms with Crippen LogP contribution in [0.1, 0.15) is 6.42 Å². The maximum Gasteiger partial charge on any atom is 0.229 e. The van der Waals surface area contributed by atoms with Crippen molar-refractivity contribution in [3.8, 4) is 0 Å². The van der Waals surface area contributed by atoms with Crippen LogP contribution in [0.5, 0.6) is 0 Å². The fraction of sp³-hybridized carbons (Fsp3) is 0.444. The van der Waals surface area contributed by atoms with E-state index in [9.17, 15) is 4.79 Å². The first kappa shape index (κ1) is 9.96. The van der Waals surface area contributed by atoms with E-state index in [0.717, 1.165) is 15.9 Å². The molecule has 0 saturated carbocycles. The Balaban J connectivity index is 2.16. The number of hydrogen-bond donors (Lipinski definition) is 1. The molecule has 14 heavy (non-hydrogen) atoms. The molecule has 1 saturated heterocycles. The number of nitrogens with one attached hydrogen (secondary N) is 1. The Morgan fingerprint density at radius 2 is 2.43 bits per heavy atom. The minimum Gasteiger partial charge on any atom is -0.315 e. The molecule has 1 amide bonds. The molecule has 2 rings (SSSR count). The van der Waals surface area contributed by atoms with Gasteiger partial charge in [0, 0.05) is 19.0 Å². The van der Waals surface area contributed by atoms with Gasteiger partial charge in [-0.3, -0.25) is 4.79 Å². The molecule has 1 unspecified atom stereocenters. The third kappa shape index (κ3) is 1.78. The van der Waals surface area contributed by atoms with Crippen molar-refractivity contribution >= 4 is 33.8 Å². The van der Waals surface area contributed by atoms with Gasteiger partial charge >= 0.3 is 0 Å². The minimum atomic E-state index is 0.169. The summed E-state index contributed by atoms with van der Waals surface area (Å²) in [6, 6.07) is 3.98. The smallest absolute Gasteiger partial charge is 0.229 e. The van der Waals surface area contributed by atoms with Crippen molar-refractivity contribution in [1.82, 2.24) is 5.32 Å².